The van der Waals surface area contributed by atoms with Crippen LogP contribution in [-0.2, 0) is 0 Å². The summed E-state index contributed by atoms with van der Waals surface area (Å²) in [7, 11) is 2.14. The summed E-state index contributed by atoms with van der Waals surface area (Å²) in [6, 6.07) is 7.79. The van der Waals surface area contributed by atoms with Crippen molar-refractivity contribution in [2.75, 3.05) is 33.2 Å². The molecule has 1 aromatic heterocycles. The number of hydrogen-bond donors (Lipinski definition) is 0. The summed E-state index contributed by atoms with van der Waals surface area (Å²) in [5.41, 5.74) is 2.70. The summed E-state index contributed by atoms with van der Waals surface area (Å²) in [5.74, 6) is 2.09. The quantitative estimate of drug-likeness (QED) is 0.850. The van der Waals surface area contributed by atoms with Crippen LogP contribution in [0, 0.1) is 11.8 Å². The SMILES string of the molecule is CN1CCC(c2cn(-c3cccc(C(=O)N4C[C@H]5CC[C@H]5C4)c3)nn2)C1. The molecule has 1 aromatic carbocycles. The van der Waals surface area contributed by atoms with E-state index >= 15 is 0 Å². The molecular weight excluding hydrogens is 326 g/mol. The molecule has 1 amide bonds. The van der Waals surface area contributed by atoms with Gasteiger partial charge in [0.15, 0.2) is 0 Å². The second-order valence-corrected chi connectivity index (χ2v) is 8.19. The van der Waals surface area contributed by atoms with Gasteiger partial charge in [-0.3, -0.25) is 4.79 Å². The first-order chi connectivity index (χ1) is 12.7. The maximum absolute atomic E-state index is 12.9. The Balaban J connectivity index is 1.35. The maximum atomic E-state index is 12.9. The molecular formula is C20H25N5O. The van der Waals surface area contributed by atoms with E-state index in [0.29, 0.717) is 5.92 Å². The average molecular weight is 351 g/mol. The lowest BCUT2D eigenvalue weighted by molar-refractivity contribution is 0.0787. The minimum atomic E-state index is 0.152. The Morgan fingerprint density at radius 3 is 2.62 bits per heavy atom. The van der Waals surface area contributed by atoms with Crippen molar-refractivity contribution >= 4 is 5.91 Å². The van der Waals surface area contributed by atoms with Crippen LogP contribution in [-0.4, -0.2) is 63.9 Å². The Morgan fingerprint density at radius 2 is 1.92 bits per heavy atom. The summed E-state index contributed by atoms with van der Waals surface area (Å²) in [4.78, 5) is 17.2. The molecule has 5 rings (SSSR count). The third-order valence-corrected chi connectivity index (χ3v) is 6.45. The molecule has 1 aliphatic carbocycles. The van der Waals surface area contributed by atoms with Gasteiger partial charge in [-0.05, 0) is 62.9 Å². The molecule has 6 heteroatoms. The second-order valence-electron chi connectivity index (χ2n) is 8.19. The van der Waals surface area contributed by atoms with Crippen LogP contribution in [0.3, 0.4) is 0 Å². The molecule has 136 valence electrons. The largest absolute Gasteiger partial charge is 0.338 e. The fourth-order valence-electron chi connectivity index (χ4n) is 4.66. The molecule has 0 N–H and O–H groups in total. The molecule has 0 radical (unpaired) electrons. The van der Waals surface area contributed by atoms with Crippen molar-refractivity contribution in [3.05, 3.63) is 41.7 Å². The fourth-order valence-corrected chi connectivity index (χ4v) is 4.66. The molecule has 6 nitrogen and oxygen atoms in total. The molecule has 1 unspecified atom stereocenters. The number of likely N-dealkylation sites (tertiary alicyclic amines) is 2. The van der Waals surface area contributed by atoms with Gasteiger partial charge in [0.25, 0.3) is 5.91 Å². The van der Waals surface area contributed by atoms with Gasteiger partial charge in [-0.25, -0.2) is 4.68 Å². The van der Waals surface area contributed by atoms with Crippen molar-refractivity contribution in [3.63, 3.8) is 0 Å². The van der Waals surface area contributed by atoms with E-state index < -0.39 is 0 Å². The summed E-state index contributed by atoms with van der Waals surface area (Å²) in [5, 5.41) is 8.69. The Kier molecular flexibility index (Phi) is 3.81. The number of carbonyl (C=O) groups excluding carboxylic acids is 1. The van der Waals surface area contributed by atoms with E-state index in [2.05, 4.69) is 22.3 Å². The van der Waals surface area contributed by atoms with Gasteiger partial charge in [0.2, 0.25) is 0 Å². The molecule has 0 spiro atoms. The number of nitrogens with zero attached hydrogens (tertiary/aromatic N) is 5. The number of rotatable bonds is 3. The number of fused-ring (bicyclic) bond motifs is 1. The van der Waals surface area contributed by atoms with Gasteiger partial charge in [0, 0.05) is 31.1 Å². The highest BCUT2D eigenvalue weighted by Crippen LogP contribution is 2.40. The first-order valence-corrected chi connectivity index (χ1v) is 9.68. The van der Waals surface area contributed by atoms with Crippen LogP contribution >= 0.6 is 0 Å². The zero-order chi connectivity index (χ0) is 17.7. The Labute approximate surface area is 153 Å². The third-order valence-electron chi connectivity index (χ3n) is 6.45. The first kappa shape index (κ1) is 16.0. The van der Waals surface area contributed by atoms with E-state index in [1.807, 2.05) is 35.4 Å². The maximum Gasteiger partial charge on any atom is 0.253 e. The van der Waals surface area contributed by atoms with E-state index in [9.17, 15) is 4.79 Å². The molecule has 2 saturated heterocycles. The minimum Gasteiger partial charge on any atom is -0.338 e. The van der Waals surface area contributed by atoms with Gasteiger partial charge < -0.3 is 9.80 Å². The van der Waals surface area contributed by atoms with Gasteiger partial charge in [-0.1, -0.05) is 11.3 Å². The van der Waals surface area contributed by atoms with Crippen molar-refractivity contribution in [2.24, 2.45) is 11.8 Å². The van der Waals surface area contributed by atoms with E-state index in [-0.39, 0.29) is 5.91 Å². The van der Waals surface area contributed by atoms with E-state index in [1.165, 1.54) is 12.8 Å². The molecule has 3 heterocycles. The van der Waals surface area contributed by atoms with Crippen LogP contribution in [0.2, 0.25) is 0 Å². The zero-order valence-corrected chi connectivity index (χ0v) is 15.2. The smallest absolute Gasteiger partial charge is 0.253 e. The Morgan fingerprint density at radius 1 is 1.12 bits per heavy atom. The van der Waals surface area contributed by atoms with Crippen molar-refractivity contribution in [1.82, 2.24) is 24.8 Å². The van der Waals surface area contributed by atoms with Crippen LogP contribution in [0.5, 0.6) is 0 Å². The summed E-state index contributed by atoms with van der Waals surface area (Å²) >= 11 is 0. The van der Waals surface area contributed by atoms with Gasteiger partial charge >= 0.3 is 0 Å². The van der Waals surface area contributed by atoms with Crippen LogP contribution in [0.1, 0.15) is 41.2 Å². The van der Waals surface area contributed by atoms with Crippen molar-refractivity contribution in [2.45, 2.75) is 25.2 Å². The number of likely N-dealkylation sites (N-methyl/N-ethyl adjacent to an activating group) is 1. The highest BCUT2D eigenvalue weighted by Gasteiger charge is 2.41. The lowest BCUT2D eigenvalue weighted by atomic mass is 9.77. The van der Waals surface area contributed by atoms with Crippen molar-refractivity contribution < 1.29 is 4.79 Å². The third kappa shape index (κ3) is 2.72. The van der Waals surface area contributed by atoms with Gasteiger partial charge in [-0.2, -0.15) is 0 Å². The normalized spacial score (nSPS) is 28.2. The molecule has 2 aliphatic heterocycles. The number of hydrogen-bond acceptors (Lipinski definition) is 4. The summed E-state index contributed by atoms with van der Waals surface area (Å²) in [6.07, 6.45) is 5.72. The number of amides is 1. The van der Waals surface area contributed by atoms with Crippen LogP contribution in [0.25, 0.3) is 5.69 Å². The Bertz CT molecular complexity index is 819. The predicted octanol–water partition coefficient (Wildman–Crippen LogP) is 2.17. The number of aromatic nitrogens is 3. The van der Waals surface area contributed by atoms with Crippen LogP contribution in [0.4, 0.5) is 0 Å². The number of benzene rings is 1. The topological polar surface area (TPSA) is 54.3 Å². The van der Waals surface area contributed by atoms with Crippen molar-refractivity contribution in [3.8, 4) is 5.69 Å². The number of carbonyl (C=O) groups is 1. The fraction of sp³-hybridized carbons (Fsp3) is 0.550. The second kappa shape index (κ2) is 6.20. The molecule has 3 aliphatic rings. The highest BCUT2D eigenvalue weighted by molar-refractivity contribution is 5.95. The van der Waals surface area contributed by atoms with E-state index in [1.54, 1.807) is 4.68 Å². The monoisotopic (exact) mass is 351 g/mol. The zero-order valence-electron chi connectivity index (χ0n) is 15.2. The molecule has 3 atom stereocenters. The van der Waals surface area contributed by atoms with Gasteiger partial charge in [-0.15, -0.1) is 5.10 Å². The molecule has 26 heavy (non-hydrogen) atoms. The standard InChI is InChI=1S/C20H25N5O/c1-23-8-7-17(10-23)19-13-25(22-21-19)18-4-2-3-14(9-18)20(26)24-11-15-5-6-16(15)12-24/h2-4,9,13,15-17H,5-8,10-12H2,1H3/t15-,16+,17?. The average Bonchev–Trinajstić information content (AvgIpc) is 3.34. The molecule has 0 bridgehead atoms. The van der Waals surface area contributed by atoms with Crippen LogP contribution < -0.4 is 0 Å². The Hall–Kier alpha value is -2.21. The van der Waals surface area contributed by atoms with Crippen molar-refractivity contribution in [1.29, 1.82) is 0 Å². The highest BCUT2D eigenvalue weighted by atomic mass is 16.2. The van der Waals surface area contributed by atoms with E-state index in [0.717, 1.165) is 61.4 Å². The first-order valence-electron chi connectivity index (χ1n) is 9.68. The lowest BCUT2D eigenvalue weighted by Gasteiger charge is -2.27. The van der Waals surface area contributed by atoms with Gasteiger partial charge in [0.05, 0.1) is 17.6 Å². The predicted molar refractivity (Wildman–Crippen MR) is 98.3 cm³/mol. The van der Waals surface area contributed by atoms with Crippen LogP contribution in [0.15, 0.2) is 30.5 Å². The lowest BCUT2D eigenvalue weighted by Crippen LogP contribution is -2.28. The summed E-state index contributed by atoms with van der Waals surface area (Å²) in [6.45, 7) is 4.00. The van der Waals surface area contributed by atoms with E-state index in [4.69, 9.17) is 0 Å². The molecule has 1 saturated carbocycles. The molecule has 3 fully saturated rings. The summed E-state index contributed by atoms with van der Waals surface area (Å²) < 4.78 is 1.80. The minimum absolute atomic E-state index is 0.152. The van der Waals surface area contributed by atoms with Gasteiger partial charge in [0.1, 0.15) is 0 Å². The molecule has 2 aromatic rings.